The minimum absolute atomic E-state index is 0.0940. The van der Waals surface area contributed by atoms with Crippen LogP contribution in [0.5, 0.6) is 5.75 Å². The van der Waals surface area contributed by atoms with Crippen molar-refractivity contribution in [2.75, 3.05) is 31.1 Å². The second-order valence-electron chi connectivity index (χ2n) is 6.35. The molecule has 5 nitrogen and oxygen atoms in total. The molecule has 0 unspecified atom stereocenters. The third-order valence-corrected chi connectivity index (χ3v) is 4.99. The Hall–Kier alpha value is -2.08. The fraction of sp³-hybridized carbons (Fsp3) is 0.400. The molecule has 0 N–H and O–H groups in total. The fourth-order valence-corrected chi connectivity index (χ4v) is 3.29. The van der Waals surface area contributed by atoms with Crippen LogP contribution in [-0.4, -0.2) is 42.2 Å². The summed E-state index contributed by atoms with van der Waals surface area (Å²) in [4.78, 5) is 20.3. The minimum Gasteiger partial charge on any atom is -0.494 e. The number of pyridine rings is 1. The number of carbonyl (C=O) groups is 1. The first-order chi connectivity index (χ1) is 12.7. The minimum atomic E-state index is 0.0940. The summed E-state index contributed by atoms with van der Waals surface area (Å²) < 4.78 is 6.78. The molecule has 0 saturated carbocycles. The first-order valence-electron chi connectivity index (χ1n) is 9.09. The van der Waals surface area contributed by atoms with Crippen molar-refractivity contribution in [3.05, 3.63) is 53.3 Å². The Bertz CT molecular complexity index is 694. The SMILES string of the molecule is O=C1N(CCCCCCOc2ccc(Br)cc2)CCN1c1cccnc1. The highest BCUT2D eigenvalue weighted by Crippen LogP contribution is 2.19. The second kappa shape index (κ2) is 9.57. The maximum atomic E-state index is 12.5. The lowest BCUT2D eigenvalue weighted by atomic mass is 10.2. The smallest absolute Gasteiger partial charge is 0.324 e. The zero-order valence-corrected chi connectivity index (χ0v) is 16.4. The third-order valence-electron chi connectivity index (χ3n) is 4.46. The predicted molar refractivity (Wildman–Crippen MR) is 107 cm³/mol. The van der Waals surface area contributed by atoms with Crippen LogP contribution in [0.15, 0.2) is 53.3 Å². The van der Waals surface area contributed by atoms with Crippen molar-refractivity contribution in [2.24, 2.45) is 0 Å². The molecule has 1 saturated heterocycles. The number of carbonyl (C=O) groups excluding carboxylic acids is 1. The van der Waals surface area contributed by atoms with E-state index in [2.05, 4.69) is 20.9 Å². The standard InChI is InChI=1S/C20H24BrN3O2/c21-17-7-9-19(10-8-17)26-15-4-2-1-3-12-23-13-14-24(20(23)25)18-6-5-11-22-16-18/h5-11,16H,1-4,12-15H2. The summed E-state index contributed by atoms with van der Waals surface area (Å²) >= 11 is 3.42. The van der Waals surface area contributed by atoms with Crippen molar-refractivity contribution in [2.45, 2.75) is 25.7 Å². The van der Waals surface area contributed by atoms with E-state index in [0.29, 0.717) is 0 Å². The van der Waals surface area contributed by atoms with E-state index in [-0.39, 0.29) is 6.03 Å². The van der Waals surface area contributed by atoms with Crippen LogP contribution < -0.4 is 9.64 Å². The highest BCUT2D eigenvalue weighted by Gasteiger charge is 2.28. The van der Waals surface area contributed by atoms with E-state index in [1.165, 1.54) is 0 Å². The van der Waals surface area contributed by atoms with Gasteiger partial charge in [0.1, 0.15) is 5.75 Å². The monoisotopic (exact) mass is 417 g/mol. The first-order valence-corrected chi connectivity index (χ1v) is 9.88. The van der Waals surface area contributed by atoms with Gasteiger partial charge in [-0.25, -0.2) is 4.79 Å². The van der Waals surface area contributed by atoms with E-state index in [4.69, 9.17) is 4.74 Å². The van der Waals surface area contributed by atoms with Gasteiger partial charge in [-0.15, -0.1) is 0 Å². The Morgan fingerprint density at radius 2 is 1.85 bits per heavy atom. The lowest BCUT2D eigenvalue weighted by Crippen LogP contribution is -2.32. The van der Waals surface area contributed by atoms with Gasteiger partial charge < -0.3 is 9.64 Å². The molecule has 2 heterocycles. The van der Waals surface area contributed by atoms with Crippen LogP contribution in [0, 0.1) is 0 Å². The van der Waals surface area contributed by atoms with Crippen molar-refractivity contribution in [3.8, 4) is 5.75 Å². The Labute approximate surface area is 163 Å². The molecule has 138 valence electrons. The number of hydrogen-bond donors (Lipinski definition) is 0. The van der Waals surface area contributed by atoms with Gasteiger partial charge in [0, 0.05) is 30.3 Å². The summed E-state index contributed by atoms with van der Waals surface area (Å²) in [5, 5.41) is 0. The van der Waals surface area contributed by atoms with Crippen LogP contribution in [-0.2, 0) is 0 Å². The summed E-state index contributed by atoms with van der Waals surface area (Å²) in [5.74, 6) is 0.909. The Morgan fingerprint density at radius 1 is 1.04 bits per heavy atom. The number of halogens is 1. The number of anilines is 1. The third kappa shape index (κ3) is 5.21. The Morgan fingerprint density at radius 3 is 2.62 bits per heavy atom. The maximum Gasteiger partial charge on any atom is 0.324 e. The van der Waals surface area contributed by atoms with Crippen LogP contribution in [0.25, 0.3) is 0 Å². The fourth-order valence-electron chi connectivity index (χ4n) is 3.02. The van der Waals surface area contributed by atoms with Crippen molar-refractivity contribution in [1.82, 2.24) is 9.88 Å². The van der Waals surface area contributed by atoms with Gasteiger partial charge in [-0.05, 0) is 49.2 Å². The van der Waals surface area contributed by atoms with Crippen molar-refractivity contribution >= 4 is 27.6 Å². The van der Waals surface area contributed by atoms with Crippen LogP contribution >= 0.6 is 15.9 Å². The number of amides is 2. The van der Waals surface area contributed by atoms with Gasteiger partial charge in [0.15, 0.2) is 0 Å². The summed E-state index contributed by atoms with van der Waals surface area (Å²) in [5.41, 5.74) is 0.880. The molecule has 1 aromatic heterocycles. The van der Waals surface area contributed by atoms with Crippen LogP contribution in [0.3, 0.4) is 0 Å². The van der Waals surface area contributed by atoms with Crippen LogP contribution in [0.1, 0.15) is 25.7 Å². The molecule has 1 fully saturated rings. The normalized spacial score (nSPS) is 14.1. The lowest BCUT2D eigenvalue weighted by molar-refractivity contribution is 0.219. The molecular weight excluding hydrogens is 394 g/mol. The highest BCUT2D eigenvalue weighted by molar-refractivity contribution is 9.10. The molecule has 26 heavy (non-hydrogen) atoms. The molecule has 0 radical (unpaired) electrons. The molecule has 2 amide bonds. The molecule has 1 aromatic carbocycles. The molecule has 0 atom stereocenters. The molecule has 6 heteroatoms. The number of benzene rings is 1. The topological polar surface area (TPSA) is 45.7 Å². The Kier molecular flexibility index (Phi) is 6.89. The number of urea groups is 1. The average Bonchev–Trinajstić information content (AvgIpc) is 3.04. The number of ether oxygens (including phenoxy) is 1. The van der Waals surface area contributed by atoms with Gasteiger partial charge in [0.25, 0.3) is 0 Å². The summed E-state index contributed by atoms with van der Waals surface area (Å²) in [7, 11) is 0. The molecule has 0 spiro atoms. The summed E-state index contributed by atoms with van der Waals surface area (Å²) in [6.45, 7) is 3.09. The number of aromatic nitrogens is 1. The molecule has 1 aliphatic heterocycles. The predicted octanol–water partition coefficient (Wildman–Crippen LogP) is 4.73. The number of nitrogens with zero attached hydrogens (tertiary/aromatic N) is 3. The van der Waals surface area contributed by atoms with E-state index < -0.39 is 0 Å². The van der Waals surface area contributed by atoms with Crippen LogP contribution in [0.2, 0.25) is 0 Å². The molecule has 0 aliphatic carbocycles. The van der Waals surface area contributed by atoms with Gasteiger partial charge in [-0.3, -0.25) is 9.88 Å². The van der Waals surface area contributed by atoms with Crippen LogP contribution in [0.4, 0.5) is 10.5 Å². The van der Waals surface area contributed by atoms with Crippen molar-refractivity contribution in [1.29, 1.82) is 0 Å². The second-order valence-corrected chi connectivity index (χ2v) is 7.26. The zero-order valence-electron chi connectivity index (χ0n) is 14.8. The molecule has 3 rings (SSSR count). The number of unbranched alkanes of at least 4 members (excludes halogenated alkanes) is 3. The largest absolute Gasteiger partial charge is 0.494 e. The zero-order chi connectivity index (χ0) is 18.2. The van der Waals surface area contributed by atoms with Crippen molar-refractivity contribution < 1.29 is 9.53 Å². The van der Waals surface area contributed by atoms with Crippen molar-refractivity contribution in [3.63, 3.8) is 0 Å². The molecule has 1 aliphatic rings. The maximum absolute atomic E-state index is 12.5. The van der Waals surface area contributed by atoms with Gasteiger partial charge in [0.2, 0.25) is 0 Å². The lowest BCUT2D eigenvalue weighted by Gasteiger charge is -2.18. The van der Waals surface area contributed by atoms with Gasteiger partial charge in [-0.1, -0.05) is 28.8 Å². The van der Waals surface area contributed by atoms with E-state index in [1.54, 1.807) is 17.3 Å². The van der Waals surface area contributed by atoms with Gasteiger partial charge >= 0.3 is 6.03 Å². The average molecular weight is 418 g/mol. The van der Waals surface area contributed by atoms with E-state index in [0.717, 1.165) is 67.8 Å². The Balaban J connectivity index is 1.28. The molecular formula is C20H24BrN3O2. The summed E-state index contributed by atoms with van der Waals surface area (Å²) in [6, 6.07) is 11.8. The van der Waals surface area contributed by atoms with Gasteiger partial charge in [0.05, 0.1) is 18.5 Å². The van der Waals surface area contributed by atoms with Gasteiger partial charge in [-0.2, -0.15) is 0 Å². The number of rotatable bonds is 9. The summed E-state index contributed by atoms with van der Waals surface area (Å²) in [6.07, 6.45) is 7.76. The highest BCUT2D eigenvalue weighted by atomic mass is 79.9. The first kappa shape index (κ1) is 18.7. The number of hydrogen-bond acceptors (Lipinski definition) is 3. The van der Waals surface area contributed by atoms with E-state index in [9.17, 15) is 4.79 Å². The van der Waals surface area contributed by atoms with E-state index in [1.807, 2.05) is 41.3 Å². The molecule has 2 aromatic rings. The van der Waals surface area contributed by atoms with E-state index >= 15 is 0 Å². The molecule has 0 bridgehead atoms. The quantitative estimate of drug-likeness (QED) is 0.554.